The van der Waals surface area contributed by atoms with E-state index in [0.29, 0.717) is 12.5 Å². The molecule has 2 aliphatic heterocycles. The SMILES string of the molecule is CC(C)c1nccc(CN2CCCC3(CNC(=O)O3)C2)n1. The van der Waals surface area contributed by atoms with Crippen molar-refractivity contribution in [2.75, 3.05) is 19.6 Å². The van der Waals surface area contributed by atoms with Crippen LogP contribution in [0.15, 0.2) is 12.3 Å². The maximum atomic E-state index is 11.3. The lowest BCUT2D eigenvalue weighted by Gasteiger charge is -2.38. The van der Waals surface area contributed by atoms with Crippen LogP contribution >= 0.6 is 0 Å². The van der Waals surface area contributed by atoms with E-state index < -0.39 is 0 Å². The molecule has 0 saturated carbocycles. The van der Waals surface area contributed by atoms with E-state index in [1.165, 1.54) is 0 Å². The predicted octanol–water partition coefficient (Wildman–Crippen LogP) is 1.67. The second-order valence-electron chi connectivity index (χ2n) is 6.30. The molecule has 0 radical (unpaired) electrons. The molecule has 0 aromatic carbocycles. The van der Waals surface area contributed by atoms with E-state index >= 15 is 0 Å². The standard InChI is InChI=1S/C15H22N4O2/c1-11(2)13-16-6-4-12(18-13)8-19-7-3-5-15(10-19)9-17-14(20)21-15/h4,6,11H,3,5,7-10H2,1-2H3,(H,17,20). The van der Waals surface area contributed by atoms with Crippen molar-refractivity contribution in [3.63, 3.8) is 0 Å². The van der Waals surface area contributed by atoms with Crippen molar-refractivity contribution in [3.8, 4) is 0 Å². The smallest absolute Gasteiger partial charge is 0.407 e. The van der Waals surface area contributed by atoms with E-state index in [1.807, 2.05) is 12.3 Å². The number of rotatable bonds is 3. The van der Waals surface area contributed by atoms with Crippen molar-refractivity contribution in [1.82, 2.24) is 20.2 Å². The van der Waals surface area contributed by atoms with Gasteiger partial charge in [0.2, 0.25) is 0 Å². The predicted molar refractivity (Wildman–Crippen MR) is 77.8 cm³/mol. The Morgan fingerprint density at radius 2 is 2.38 bits per heavy atom. The largest absolute Gasteiger partial charge is 0.440 e. The molecule has 1 aromatic heterocycles. The lowest BCUT2D eigenvalue weighted by molar-refractivity contribution is -0.0114. The molecule has 0 aliphatic carbocycles. The molecule has 2 fully saturated rings. The minimum absolute atomic E-state index is 0.291. The minimum atomic E-state index is -0.344. The van der Waals surface area contributed by atoms with E-state index in [4.69, 9.17) is 4.74 Å². The lowest BCUT2D eigenvalue weighted by Crippen LogP contribution is -2.50. The molecular weight excluding hydrogens is 268 g/mol. The molecular formula is C15H22N4O2. The number of alkyl carbamates (subject to hydrolysis) is 1. The molecule has 0 bridgehead atoms. The monoisotopic (exact) mass is 290 g/mol. The zero-order valence-electron chi connectivity index (χ0n) is 12.6. The number of likely N-dealkylation sites (tertiary alicyclic amines) is 1. The van der Waals surface area contributed by atoms with Gasteiger partial charge in [-0.05, 0) is 25.5 Å². The molecule has 1 unspecified atom stereocenters. The van der Waals surface area contributed by atoms with Crippen LogP contribution < -0.4 is 5.32 Å². The zero-order chi connectivity index (χ0) is 14.9. The van der Waals surface area contributed by atoms with Crippen LogP contribution in [0.1, 0.15) is 44.1 Å². The second kappa shape index (κ2) is 5.60. The highest BCUT2D eigenvalue weighted by molar-refractivity contribution is 5.70. The van der Waals surface area contributed by atoms with E-state index in [0.717, 1.165) is 44.0 Å². The van der Waals surface area contributed by atoms with Crippen molar-refractivity contribution in [3.05, 3.63) is 23.8 Å². The van der Waals surface area contributed by atoms with Crippen LogP contribution in [-0.2, 0) is 11.3 Å². The molecule has 3 rings (SSSR count). The van der Waals surface area contributed by atoms with Gasteiger partial charge in [-0.3, -0.25) is 4.90 Å². The van der Waals surface area contributed by atoms with Crippen LogP contribution in [0.25, 0.3) is 0 Å². The molecule has 21 heavy (non-hydrogen) atoms. The molecule has 1 amide bonds. The summed E-state index contributed by atoms with van der Waals surface area (Å²) in [6, 6.07) is 1.96. The minimum Gasteiger partial charge on any atom is -0.440 e. The number of ether oxygens (including phenoxy) is 1. The normalized spacial score (nSPS) is 26.1. The Labute approximate surface area is 124 Å². The van der Waals surface area contributed by atoms with Crippen molar-refractivity contribution in [2.24, 2.45) is 0 Å². The summed E-state index contributed by atoms with van der Waals surface area (Å²) in [7, 11) is 0. The van der Waals surface area contributed by atoms with Gasteiger partial charge in [0.25, 0.3) is 0 Å². The Morgan fingerprint density at radius 1 is 1.52 bits per heavy atom. The first kappa shape index (κ1) is 14.3. The van der Waals surface area contributed by atoms with Gasteiger partial charge in [0.1, 0.15) is 11.4 Å². The Bertz CT molecular complexity index is 534. The van der Waals surface area contributed by atoms with Crippen LogP contribution in [-0.4, -0.2) is 46.2 Å². The topological polar surface area (TPSA) is 67.4 Å². The first-order valence-corrected chi connectivity index (χ1v) is 7.57. The average molecular weight is 290 g/mol. The summed E-state index contributed by atoms with van der Waals surface area (Å²) in [5.74, 6) is 1.21. The summed E-state index contributed by atoms with van der Waals surface area (Å²) in [6.07, 6.45) is 3.51. The molecule has 1 spiro atoms. The molecule has 2 aliphatic rings. The molecule has 2 saturated heterocycles. The average Bonchev–Trinajstić information content (AvgIpc) is 2.80. The summed E-state index contributed by atoms with van der Waals surface area (Å²) < 4.78 is 5.50. The van der Waals surface area contributed by atoms with Gasteiger partial charge < -0.3 is 10.1 Å². The molecule has 1 atom stereocenters. The van der Waals surface area contributed by atoms with E-state index in [1.54, 1.807) is 0 Å². The summed E-state index contributed by atoms with van der Waals surface area (Å²) in [4.78, 5) is 22.6. The van der Waals surface area contributed by atoms with Gasteiger partial charge in [-0.2, -0.15) is 0 Å². The number of hydrogen-bond acceptors (Lipinski definition) is 5. The van der Waals surface area contributed by atoms with Crippen LogP contribution in [0.2, 0.25) is 0 Å². The van der Waals surface area contributed by atoms with Crippen LogP contribution in [0.4, 0.5) is 4.79 Å². The fraction of sp³-hybridized carbons (Fsp3) is 0.667. The van der Waals surface area contributed by atoms with Crippen molar-refractivity contribution < 1.29 is 9.53 Å². The van der Waals surface area contributed by atoms with Gasteiger partial charge in [0.05, 0.1) is 12.2 Å². The van der Waals surface area contributed by atoms with Crippen LogP contribution in [0.3, 0.4) is 0 Å². The highest BCUT2D eigenvalue weighted by Crippen LogP contribution is 2.28. The second-order valence-corrected chi connectivity index (χ2v) is 6.30. The van der Waals surface area contributed by atoms with Gasteiger partial charge in [-0.15, -0.1) is 0 Å². The van der Waals surface area contributed by atoms with E-state index in [-0.39, 0.29) is 11.7 Å². The van der Waals surface area contributed by atoms with Gasteiger partial charge in [-0.1, -0.05) is 13.8 Å². The van der Waals surface area contributed by atoms with E-state index in [2.05, 4.69) is 34.0 Å². The molecule has 114 valence electrons. The Hall–Kier alpha value is -1.69. The first-order chi connectivity index (χ1) is 10.1. The zero-order valence-corrected chi connectivity index (χ0v) is 12.6. The first-order valence-electron chi connectivity index (χ1n) is 7.57. The van der Waals surface area contributed by atoms with Gasteiger partial charge in [-0.25, -0.2) is 14.8 Å². The number of nitrogens with zero attached hydrogens (tertiary/aromatic N) is 3. The molecule has 6 nitrogen and oxygen atoms in total. The fourth-order valence-electron chi connectivity index (χ4n) is 3.06. The summed E-state index contributed by atoms with van der Waals surface area (Å²) in [6.45, 7) is 7.37. The van der Waals surface area contributed by atoms with Crippen molar-refractivity contribution >= 4 is 6.09 Å². The number of carbonyl (C=O) groups excluding carboxylic acids is 1. The quantitative estimate of drug-likeness (QED) is 0.917. The number of aromatic nitrogens is 2. The Morgan fingerprint density at radius 3 is 3.10 bits per heavy atom. The fourth-order valence-corrected chi connectivity index (χ4v) is 3.06. The maximum Gasteiger partial charge on any atom is 0.407 e. The Kier molecular flexibility index (Phi) is 3.80. The van der Waals surface area contributed by atoms with Gasteiger partial charge >= 0.3 is 6.09 Å². The number of carbonyl (C=O) groups is 1. The lowest BCUT2D eigenvalue weighted by atomic mass is 9.93. The summed E-state index contributed by atoms with van der Waals surface area (Å²) >= 11 is 0. The molecule has 6 heteroatoms. The van der Waals surface area contributed by atoms with Crippen LogP contribution in [0, 0.1) is 0 Å². The number of hydrogen-bond donors (Lipinski definition) is 1. The molecule has 3 heterocycles. The maximum absolute atomic E-state index is 11.3. The van der Waals surface area contributed by atoms with Crippen molar-refractivity contribution in [2.45, 2.75) is 44.8 Å². The number of piperidine rings is 1. The third-order valence-corrected chi connectivity index (χ3v) is 4.12. The van der Waals surface area contributed by atoms with Crippen molar-refractivity contribution in [1.29, 1.82) is 0 Å². The molecule has 1 N–H and O–H groups in total. The van der Waals surface area contributed by atoms with Crippen LogP contribution in [0.5, 0.6) is 0 Å². The third kappa shape index (κ3) is 3.15. The number of nitrogens with one attached hydrogen (secondary N) is 1. The number of amides is 1. The third-order valence-electron chi connectivity index (χ3n) is 4.12. The highest BCUT2D eigenvalue weighted by Gasteiger charge is 2.43. The summed E-state index contributed by atoms with van der Waals surface area (Å²) in [5.41, 5.74) is 0.687. The van der Waals surface area contributed by atoms with E-state index in [9.17, 15) is 4.79 Å². The van der Waals surface area contributed by atoms with Gasteiger partial charge in [0.15, 0.2) is 0 Å². The molecule has 1 aromatic rings. The Balaban J connectivity index is 1.67. The highest BCUT2D eigenvalue weighted by atomic mass is 16.6. The van der Waals surface area contributed by atoms with Gasteiger partial charge in [0, 0.05) is 25.2 Å². The summed E-state index contributed by atoms with van der Waals surface area (Å²) in [5, 5.41) is 2.78.